The third-order valence-corrected chi connectivity index (χ3v) is 3.86. The van der Waals surface area contributed by atoms with Crippen molar-refractivity contribution >= 4 is 6.03 Å². The number of carbonyl (C=O) groups excluding carboxylic acids is 1. The molecule has 2 amide bonds. The lowest BCUT2D eigenvalue weighted by molar-refractivity contribution is 0.240. The molecular weight excluding hydrogens is 332 g/mol. The van der Waals surface area contributed by atoms with Crippen molar-refractivity contribution in [2.24, 2.45) is 0 Å². The van der Waals surface area contributed by atoms with Gasteiger partial charge in [0.05, 0.1) is 20.8 Å². The Bertz CT molecular complexity index is 719. The molecular formula is C20H26N2O4. The summed E-state index contributed by atoms with van der Waals surface area (Å²) in [4.78, 5) is 12.0. The van der Waals surface area contributed by atoms with Crippen molar-refractivity contribution < 1.29 is 19.0 Å². The zero-order valence-corrected chi connectivity index (χ0v) is 15.5. The average Bonchev–Trinajstić information content (AvgIpc) is 2.67. The fourth-order valence-corrected chi connectivity index (χ4v) is 2.54. The van der Waals surface area contributed by atoms with Gasteiger partial charge in [-0.05, 0) is 37.1 Å². The molecule has 6 heteroatoms. The summed E-state index contributed by atoms with van der Waals surface area (Å²) in [6.07, 6.45) is 0.698. The van der Waals surface area contributed by atoms with Crippen LogP contribution in [-0.4, -0.2) is 33.4 Å². The summed E-state index contributed by atoms with van der Waals surface area (Å²) in [6.45, 7) is 3.46. The van der Waals surface area contributed by atoms with Crippen molar-refractivity contribution in [3.05, 3.63) is 53.6 Å². The molecule has 0 saturated heterocycles. The number of methoxy groups -OCH3 is 2. The number of hydrogen-bond donors (Lipinski definition) is 2. The van der Waals surface area contributed by atoms with Gasteiger partial charge in [0.25, 0.3) is 0 Å². The van der Waals surface area contributed by atoms with E-state index in [1.54, 1.807) is 14.2 Å². The standard InChI is InChI=1S/C20H26N2O4/c1-4-26-17-8-6-5-7-16(17)14-22-20(23)21-12-11-15-9-10-18(24-2)19(13-15)25-3/h5-10,13H,4,11-12,14H2,1-3H3,(H2,21,22,23). The molecule has 0 unspecified atom stereocenters. The normalized spacial score (nSPS) is 10.1. The number of hydrogen-bond acceptors (Lipinski definition) is 4. The molecule has 26 heavy (non-hydrogen) atoms. The van der Waals surface area contributed by atoms with Crippen LogP contribution < -0.4 is 24.8 Å². The van der Waals surface area contributed by atoms with Crippen LogP contribution in [0.15, 0.2) is 42.5 Å². The minimum Gasteiger partial charge on any atom is -0.494 e. The Morgan fingerprint density at radius 2 is 1.73 bits per heavy atom. The molecule has 2 aromatic carbocycles. The minimum atomic E-state index is -0.211. The van der Waals surface area contributed by atoms with Crippen molar-refractivity contribution in [2.75, 3.05) is 27.4 Å². The molecule has 0 bridgehead atoms. The van der Waals surface area contributed by atoms with E-state index in [0.717, 1.165) is 16.9 Å². The lowest BCUT2D eigenvalue weighted by atomic mass is 10.1. The van der Waals surface area contributed by atoms with Crippen LogP contribution in [0.25, 0.3) is 0 Å². The average molecular weight is 358 g/mol. The second-order valence-corrected chi connectivity index (χ2v) is 5.59. The SMILES string of the molecule is CCOc1ccccc1CNC(=O)NCCc1ccc(OC)c(OC)c1. The predicted molar refractivity (Wildman–Crippen MR) is 101 cm³/mol. The number of amides is 2. The summed E-state index contributed by atoms with van der Waals surface area (Å²) in [6, 6.07) is 13.2. The number of rotatable bonds is 9. The van der Waals surface area contributed by atoms with Crippen LogP contribution in [0.4, 0.5) is 4.79 Å². The molecule has 0 atom stereocenters. The van der Waals surface area contributed by atoms with Gasteiger partial charge < -0.3 is 24.8 Å². The Morgan fingerprint density at radius 1 is 0.962 bits per heavy atom. The highest BCUT2D eigenvalue weighted by Gasteiger charge is 2.07. The van der Waals surface area contributed by atoms with Crippen molar-refractivity contribution in [1.29, 1.82) is 0 Å². The summed E-state index contributed by atoms with van der Waals surface area (Å²) in [5.41, 5.74) is 2.01. The maximum absolute atomic E-state index is 12.0. The summed E-state index contributed by atoms with van der Waals surface area (Å²) in [5, 5.41) is 5.71. The molecule has 0 heterocycles. The number of nitrogens with one attached hydrogen (secondary N) is 2. The van der Waals surface area contributed by atoms with E-state index in [1.165, 1.54) is 0 Å². The van der Waals surface area contributed by atoms with Crippen molar-refractivity contribution in [3.8, 4) is 17.2 Å². The Hall–Kier alpha value is -2.89. The maximum atomic E-state index is 12.0. The summed E-state index contributed by atoms with van der Waals surface area (Å²) < 4.78 is 16.1. The van der Waals surface area contributed by atoms with Gasteiger partial charge in [-0.2, -0.15) is 0 Å². The molecule has 2 rings (SSSR count). The van der Waals surface area contributed by atoms with Crippen molar-refractivity contribution in [3.63, 3.8) is 0 Å². The molecule has 0 aliphatic heterocycles. The van der Waals surface area contributed by atoms with Crippen LogP contribution in [0.3, 0.4) is 0 Å². The Balaban J connectivity index is 1.79. The third kappa shape index (κ3) is 5.58. The first-order valence-corrected chi connectivity index (χ1v) is 8.61. The highest BCUT2D eigenvalue weighted by molar-refractivity contribution is 5.73. The molecule has 0 radical (unpaired) electrons. The van der Waals surface area contributed by atoms with Gasteiger partial charge in [-0.15, -0.1) is 0 Å². The van der Waals surface area contributed by atoms with E-state index in [4.69, 9.17) is 14.2 Å². The van der Waals surface area contributed by atoms with Crippen molar-refractivity contribution in [1.82, 2.24) is 10.6 Å². The molecule has 0 spiro atoms. The summed E-state index contributed by atoms with van der Waals surface area (Å²) >= 11 is 0. The molecule has 0 saturated carbocycles. The second kappa shape index (κ2) is 10.2. The van der Waals surface area contributed by atoms with Gasteiger partial charge >= 0.3 is 6.03 Å². The quantitative estimate of drug-likeness (QED) is 0.723. The van der Waals surface area contributed by atoms with E-state index in [2.05, 4.69) is 10.6 Å². The number of para-hydroxylation sites is 1. The van der Waals surface area contributed by atoms with Gasteiger partial charge in [0.2, 0.25) is 0 Å². The van der Waals surface area contributed by atoms with Crippen LogP contribution in [0.5, 0.6) is 17.2 Å². The lowest BCUT2D eigenvalue weighted by Crippen LogP contribution is -2.36. The smallest absolute Gasteiger partial charge is 0.315 e. The second-order valence-electron chi connectivity index (χ2n) is 5.59. The first-order valence-electron chi connectivity index (χ1n) is 8.61. The fourth-order valence-electron chi connectivity index (χ4n) is 2.54. The minimum absolute atomic E-state index is 0.211. The highest BCUT2D eigenvalue weighted by atomic mass is 16.5. The van der Waals surface area contributed by atoms with Gasteiger partial charge in [0, 0.05) is 18.7 Å². The Kier molecular flexibility index (Phi) is 7.61. The third-order valence-electron chi connectivity index (χ3n) is 3.86. The van der Waals surface area contributed by atoms with E-state index in [-0.39, 0.29) is 6.03 Å². The maximum Gasteiger partial charge on any atom is 0.315 e. The topological polar surface area (TPSA) is 68.8 Å². The van der Waals surface area contributed by atoms with Crippen LogP contribution >= 0.6 is 0 Å². The van der Waals surface area contributed by atoms with Crippen LogP contribution in [0.1, 0.15) is 18.1 Å². The number of carbonyl (C=O) groups is 1. The van der Waals surface area contributed by atoms with E-state index >= 15 is 0 Å². The molecule has 0 aromatic heterocycles. The van der Waals surface area contributed by atoms with Crippen LogP contribution in [0, 0.1) is 0 Å². The summed E-state index contributed by atoms with van der Waals surface area (Å²) in [5.74, 6) is 2.16. The lowest BCUT2D eigenvalue weighted by Gasteiger charge is -2.12. The zero-order chi connectivity index (χ0) is 18.8. The molecule has 2 N–H and O–H groups in total. The fraction of sp³-hybridized carbons (Fsp3) is 0.350. The van der Waals surface area contributed by atoms with Gasteiger partial charge in [-0.25, -0.2) is 4.79 Å². The zero-order valence-electron chi connectivity index (χ0n) is 15.5. The van der Waals surface area contributed by atoms with Crippen LogP contribution in [0.2, 0.25) is 0 Å². The molecule has 2 aromatic rings. The van der Waals surface area contributed by atoms with Crippen LogP contribution in [-0.2, 0) is 13.0 Å². The molecule has 140 valence electrons. The van der Waals surface area contributed by atoms with Gasteiger partial charge in [-0.3, -0.25) is 0 Å². The first kappa shape index (κ1) is 19.4. The van der Waals surface area contributed by atoms with E-state index < -0.39 is 0 Å². The van der Waals surface area contributed by atoms with Crippen molar-refractivity contribution in [2.45, 2.75) is 19.9 Å². The largest absolute Gasteiger partial charge is 0.494 e. The monoisotopic (exact) mass is 358 g/mol. The number of benzene rings is 2. The number of ether oxygens (including phenoxy) is 3. The first-order chi connectivity index (χ1) is 12.7. The number of urea groups is 1. The van der Waals surface area contributed by atoms with Gasteiger partial charge in [0.1, 0.15) is 5.75 Å². The van der Waals surface area contributed by atoms with Gasteiger partial charge in [-0.1, -0.05) is 24.3 Å². The Labute approximate surface area is 154 Å². The Morgan fingerprint density at radius 3 is 2.46 bits per heavy atom. The van der Waals surface area contributed by atoms with E-state index in [0.29, 0.717) is 37.6 Å². The molecule has 0 aliphatic rings. The summed E-state index contributed by atoms with van der Waals surface area (Å²) in [7, 11) is 3.21. The van der Waals surface area contributed by atoms with Gasteiger partial charge in [0.15, 0.2) is 11.5 Å². The van der Waals surface area contributed by atoms with E-state index in [1.807, 2.05) is 49.4 Å². The van der Waals surface area contributed by atoms with E-state index in [9.17, 15) is 4.79 Å². The molecule has 0 fully saturated rings. The highest BCUT2D eigenvalue weighted by Crippen LogP contribution is 2.27. The molecule has 6 nitrogen and oxygen atoms in total. The molecule has 0 aliphatic carbocycles. The predicted octanol–water partition coefficient (Wildman–Crippen LogP) is 3.14.